The van der Waals surface area contributed by atoms with E-state index >= 15 is 0 Å². The smallest absolute Gasteiger partial charge is 0.255 e. The number of benzene rings is 4. The molecule has 2 fully saturated rings. The van der Waals surface area contributed by atoms with Gasteiger partial charge in [-0.2, -0.15) is 0 Å². The molecule has 2 atom stereocenters. The van der Waals surface area contributed by atoms with Crippen LogP contribution in [0.1, 0.15) is 42.1 Å². The summed E-state index contributed by atoms with van der Waals surface area (Å²) in [6.07, 6.45) is 0.641. The van der Waals surface area contributed by atoms with Crippen molar-refractivity contribution >= 4 is 54.8 Å². The quantitative estimate of drug-likeness (QED) is 0.126. The summed E-state index contributed by atoms with van der Waals surface area (Å²) in [7, 11) is 0. The maximum absolute atomic E-state index is 13.2. The molecular weight excluding hydrogens is 782 g/mol. The molecule has 0 radical (unpaired) electrons. The van der Waals surface area contributed by atoms with Gasteiger partial charge in [0.15, 0.2) is 11.5 Å². The van der Waals surface area contributed by atoms with Crippen molar-refractivity contribution in [3.05, 3.63) is 101 Å². The first-order valence-electron chi connectivity index (χ1n) is 18.7. The number of Topliss-reactive ketones (excluding diaryl/α,β-unsaturated/α-hetero) is 2. The molecule has 0 spiro atoms. The van der Waals surface area contributed by atoms with Gasteiger partial charge in [0.25, 0.3) is 5.91 Å². The summed E-state index contributed by atoms with van der Waals surface area (Å²) in [5, 5.41) is 11.0. The molecule has 3 aliphatic rings. The molecular formula is C43H42BrN3O7S. The number of ether oxygens (including phenoxy) is 3. The van der Waals surface area contributed by atoms with Crippen molar-refractivity contribution in [3.63, 3.8) is 0 Å². The van der Waals surface area contributed by atoms with Crippen LogP contribution in [-0.4, -0.2) is 95.3 Å². The van der Waals surface area contributed by atoms with Crippen LogP contribution in [0.4, 0.5) is 0 Å². The molecule has 1 amide bonds. The summed E-state index contributed by atoms with van der Waals surface area (Å²) in [4.78, 5) is 44.9. The molecule has 2 aliphatic heterocycles. The standard InChI is InChI=1S/C43H42BrN3O7S/c1-27(26-53-32-11-13-33(14-12-32)54-41-35-15-9-31(49)24-40(35)55-42(41)28-5-7-29(44)8-6-28)46-19-17-45(18-20-46)21-22-52-39-4-2-3-34-36(39)25-47(43(34)51)37-16-10-30(48)23-38(37)50/h2-9,11-15,24,27,37,49H,10,16-23,25-26H2,1H3/t27-,37?/m1/s1. The van der Waals surface area contributed by atoms with Crippen molar-refractivity contribution in [3.8, 4) is 39.2 Å². The maximum atomic E-state index is 13.2. The molecule has 1 aliphatic carbocycles. The van der Waals surface area contributed by atoms with Crippen molar-refractivity contribution in [2.75, 3.05) is 45.9 Å². The number of piperazine rings is 1. The van der Waals surface area contributed by atoms with E-state index in [4.69, 9.17) is 14.2 Å². The van der Waals surface area contributed by atoms with E-state index in [9.17, 15) is 19.5 Å². The predicted octanol–water partition coefficient (Wildman–Crippen LogP) is 7.94. The van der Waals surface area contributed by atoms with Gasteiger partial charge in [-0.25, -0.2) is 0 Å². The van der Waals surface area contributed by atoms with E-state index in [0.29, 0.717) is 49.7 Å². The number of thiophene rings is 1. The Morgan fingerprint density at radius 3 is 2.44 bits per heavy atom. The topological polar surface area (TPSA) is 109 Å². The van der Waals surface area contributed by atoms with Crippen LogP contribution in [-0.2, 0) is 16.1 Å². The fourth-order valence-corrected chi connectivity index (χ4v) is 9.05. The van der Waals surface area contributed by atoms with Crippen LogP contribution in [0.25, 0.3) is 20.5 Å². The number of carbonyl (C=O) groups excluding carboxylic acids is 3. The first-order valence-corrected chi connectivity index (χ1v) is 20.3. The van der Waals surface area contributed by atoms with Gasteiger partial charge < -0.3 is 24.2 Å². The third kappa shape index (κ3) is 8.14. The number of nitrogens with zero attached hydrogens (tertiary/aromatic N) is 3. The Kier molecular flexibility index (Phi) is 10.9. The highest BCUT2D eigenvalue weighted by atomic mass is 79.9. The Bertz CT molecular complexity index is 2220. The van der Waals surface area contributed by atoms with Crippen LogP contribution in [0.3, 0.4) is 0 Å². The van der Waals surface area contributed by atoms with Gasteiger partial charge in [0.1, 0.15) is 42.0 Å². The number of phenolic OH excluding ortho intramolecular Hbond substituents is 1. The van der Waals surface area contributed by atoms with Crippen molar-refractivity contribution in [1.82, 2.24) is 14.7 Å². The Morgan fingerprint density at radius 1 is 0.909 bits per heavy atom. The lowest BCUT2D eigenvalue weighted by atomic mass is 9.92. The molecule has 8 rings (SSSR count). The van der Waals surface area contributed by atoms with Crippen LogP contribution in [0.2, 0.25) is 0 Å². The monoisotopic (exact) mass is 823 g/mol. The average molecular weight is 825 g/mol. The molecule has 5 aromatic rings. The van der Waals surface area contributed by atoms with Gasteiger partial charge in [0, 0.05) is 70.9 Å². The number of hydrogen-bond donors (Lipinski definition) is 1. The zero-order valence-electron chi connectivity index (χ0n) is 30.5. The van der Waals surface area contributed by atoms with Gasteiger partial charge >= 0.3 is 0 Å². The molecule has 3 heterocycles. The lowest BCUT2D eigenvalue weighted by Crippen LogP contribution is -2.51. The van der Waals surface area contributed by atoms with Crippen LogP contribution < -0.4 is 14.2 Å². The number of halogens is 1. The Hall–Kier alpha value is -4.75. The first kappa shape index (κ1) is 37.2. The average Bonchev–Trinajstić information content (AvgIpc) is 3.71. The fraction of sp³-hybridized carbons (Fsp3) is 0.326. The number of fused-ring (bicyclic) bond motifs is 2. The number of aromatic hydroxyl groups is 1. The molecule has 4 aromatic carbocycles. The van der Waals surface area contributed by atoms with E-state index in [2.05, 4.69) is 44.8 Å². The predicted molar refractivity (Wildman–Crippen MR) is 216 cm³/mol. The van der Waals surface area contributed by atoms with Gasteiger partial charge in [-0.3, -0.25) is 24.2 Å². The molecule has 284 valence electrons. The third-order valence-corrected chi connectivity index (χ3v) is 12.4. The number of rotatable bonds is 12. The van der Waals surface area contributed by atoms with E-state index in [1.165, 1.54) is 0 Å². The van der Waals surface area contributed by atoms with Gasteiger partial charge in [0.05, 0.1) is 23.9 Å². The molecule has 1 unspecified atom stereocenters. The summed E-state index contributed by atoms with van der Waals surface area (Å²) in [6, 6.07) is 26.4. The zero-order valence-corrected chi connectivity index (χ0v) is 32.9. The summed E-state index contributed by atoms with van der Waals surface area (Å²) < 4.78 is 20.9. The van der Waals surface area contributed by atoms with E-state index in [0.717, 1.165) is 74.8 Å². The highest BCUT2D eigenvalue weighted by Crippen LogP contribution is 2.47. The van der Waals surface area contributed by atoms with Crippen LogP contribution in [0, 0.1) is 0 Å². The van der Waals surface area contributed by atoms with Crippen molar-refractivity contribution < 1.29 is 33.7 Å². The van der Waals surface area contributed by atoms with E-state index < -0.39 is 6.04 Å². The molecule has 1 aromatic heterocycles. The molecule has 12 heteroatoms. The van der Waals surface area contributed by atoms with Gasteiger partial charge in [0.2, 0.25) is 0 Å². The second kappa shape index (κ2) is 16.2. The summed E-state index contributed by atoms with van der Waals surface area (Å²) in [6.45, 7) is 8.04. The lowest BCUT2D eigenvalue weighted by Gasteiger charge is -2.37. The second-order valence-corrected chi connectivity index (χ2v) is 16.3. The van der Waals surface area contributed by atoms with Gasteiger partial charge in [-0.15, -0.1) is 11.3 Å². The number of ketones is 2. The minimum Gasteiger partial charge on any atom is -0.508 e. The van der Waals surface area contributed by atoms with Crippen molar-refractivity contribution in [2.24, 2.45) is 0 Å². The Labute approximate surface area is 332 Å². The molecule has 0 bridgehead atoms. The second-order valence-electron chi connectivity index (χ2n) is 14.4. The number of amides is 1. The van der Waals surface area contributed by atoms with E-state index in [1.807, 2.05) is 54.6 Å². The molecule has 1 saturated carbocycles. The first-order chi connectivity index (χ1) is 26.7. The number of phenols is 1. The highest BCUT2D eigenvalue weighted by Gasteiger charge is 2.40. The normalized spacial score (nSPS) is 18.5. The molecule has 1 N–H and O–H groups in total. The van der Waals surface area contributed by atoms with Gasteiger partial charge in [-0.05, 0) is 85.6 Å². The molecule has 55 heavy (non-hydrogen) atoms. The zero-order chi connectivity index (χ0) is 38.1. The van der Waals surface area contributed by atoms with E-state index in [1.54, 1.807) is 34.4 Å². The fourth-order valence-electron chi connectivity index (χ4n) is 7.61. The Balaban J connectivity index is 0.800. The van der Waals surface area contributed by atoms with Crippen LogP contribution >= 0.6 is 27.3 Å². The largest absolute Gasteiger partial charge is 0.508 e. The van der Waals surface area contributed by atoms with E-state index in [-0.39, 0.29) is 35.7 Å². The molecule has 10 nitrogen and oxygen atoms in total. The third-order valence-electron chi connectivity index (χ3n) is 10.7. The summed E-state index contributed by atoms with van der Waals surface area (Å²) in [5.41, 5.74) is 2.44. The summed E-state index contributed by atoms with van der Waals surface area (Å²) >= 11 is 5.11. The van der Waals surface area contributed by atoms with Crippen LogP contribution in [0.5, 0.6) is 28.7 Å². The highest BCUT2D eigenvalue weighted by molar-refractivity contribution is 9.10. The minimum absolute atomic E-state index is 0.0494. The van der Waals surface area contributed by atoms with Gasteiger partial charge in [-0.1, -0.05) is 34.1 Å². The maximum Gasteiger partial charge on any atom is 0.255 e. The lowest BCUT2D eigenvalue weighted by molar-refractivity contribution is -0.133. The summed E-state index contributed by atoms with van der Waals surface area (Å²) in [5.74, 6) is 2.77. The van der Waals surface area contributed by atoms with Crippen molar-refractivity contribution in [2.45, 2.75) is 44.8 Å². The SMILES string of the molecule is C[C@H](COc1ccc(Oc2c(-c3ccc(Br)cc3)sc3cc(O)ccc23)cc1)N1CCN(CCOc2cccc3c2CN(C2CCC(=O)CC2=O)C3=O)CC1. The molecule has 1 saturated heterocycles. The Morgan fingerprint density at radius 2 is 1.67 bits per heavy atom. The number of hydrogen-bond acceptors (Lipinski definition) is 10. The van der Waals surface area contributed by atoms with Crippen molar-refractivity contribution in [1.29, 1.82) is 0 Å². The van der Waals surface area contributed by atoms with Crippen LogP contribution in [0.15, 0.2) is 89.4 Å². The minimum atomic E-state index is -0.539. The number of carbonyl (C=O) groups is 3.